The predicted octanol–water partition coefficient (Wildman–Crippen LogP) is 4.57. The largest absolute Gasteiger partial charge is 0.339 e. The monoisotopic (exact) mass is 424 g/mol. The summed E-state index contributed by atoms with van der Waals surface area (Å²) in [5.41, 5.74) is 2.52. The fourth-order valence-electron chi connectivity index (χ4n) is 3.91. The van der Waals surface area contributed by atoms with Gasteiger partial charge in [-0.3, -0.25) is 0 Å². The van der Waals surface area contributed by atoms with E-state index in [2.05, 4.69) is 26.5 Å². The maximum absolute atomic E-state index is 12.6. The molecular formula is C24H20N6O2. The molecule has 1 aliphatic heterocycles. The molecular weight excluding hydrogens is 404 g/mol. The number of fused-ring (bicyclic) bond motifs is 1. The number of hydrogen-bond donors (Lipinski definition) is 1. The first-order chi connectivity index (χ1) is 15.7. The number of nitrogens with zero attached hydrogens (tertiary/aromatic N) is 5. The molecule has 5 rings (SSSR count). The fraction of sp³-hybridized carbons (Fsp3) is 0.208. The quantitative estimate of drug-likeness (QED) is 0.516. The van der Waals surface area contributed by atoms with Crippen LogP contribution in [-0.4, -0.2) is 39.1 Å². The van der Waals surface area contributed by atoms with Crippen molar-refractivity contribution in [3.63, 3.8) is 0 Å². The number of piperidine rings is 1. The normalized spacial score (nSPS) is 14.3. The topological polar surface area (TPSA) is 108 Å². The number of para-hydroxylation sites is 2. The van der Waals surface area contributed by atoms with Gasteiger partial charge >= 0.3 is 6.03 Å². The van der Waals surface area contributed by atoms with Crippen molar-refractivity contribution < 1.29 is 9.32 Å². The third-order valence-electron chi connectivity index (χ3n) is 5.69. The summed E-state index contributed by atoms with van der Waals surface area (Å²) in [7, 11) is 0. The molecule has 0 unspecified atom stereocenters. The zero-order valence-electron chi connectivity index (χ0n) is 17.2. The lowest BCUT2D eigenvalue weighted by atomic mass is 9.97. The van der Waals surface area contributed by atoms with Gasteiger partial charge in [-0.25, -0.2) is 9.78 Å². The Bertz CT molecular complexity index is 1320. The lowest BCUT2D eigenvalue weighted by Crippen LogP contribution is -2.40. The first kappa shape index (κ1) is 19.7. The van der Waals surface area contributed by atoms with Gasteiger partial charge in [0, 0.05) is 24.4 Å². The lowest BCUT2D eigenvalue weighted by molar-refractivity contribution is 0.187. The molecule has 2 aromatic heterocycles. The minimum absolute atomic E-state index is 0.0900. The van der Waals surface area contributed by atoms with Crippen molar-refractivity contribution in [1.29, 1.82) is 5.26 Å². The number of carbonyl (C=O) groups is 1. The van der Waals surface area contributed by atoms with E-state index in [1.807, 2.05) is 36.4 Å². The maximum atomic E-state index is 12.6. The zero-order valence-corrected chi connectivity index (χ0v) is 17.2. The van der Waals surface area contributed by atoms with Gasteiger partial charge in [0.1, 0.15) is 11.8 Å². The van der Waals surface area contributed by atoms with E-state index in [0.717, 1.165) is 23.7 Å². The molecule has 0 bridgehead atoms. The molecule has 0 atom stereocenters. The summed E-state index contributed by atoms with van der Waals surface area (Å²) in [5.74, 6) is 1.14. The van der Waals surface area contributed by atoms with Crippen LogP contribution in [0.3, 0.4) is 0 Å². The van der Waals surface area contributed by atoms with Crippen LogP contribution in [0.2, 0.25) is 0 Å². The van der Waals surface area contributed by atoms with E-state index in [0.29, 0.717) is 41.7 Å². The Morgan fingerprint density at radius 3 is 2.66 bits per heavy atom. The summed E-state index contributed by atoms with van der Waals surface area (Å²) in [5, 5.41) is 17.2. The van der Waals surface area contributed by atoms with Crippen molar-refractivity contribution in [2.45, 2.75) is 18.8 Å². The summed E-state index contributed by atoms with van der Waals surface area (Å²) in [6.07, 6.45) is 1.44. The fourth-order valence-corrected chi connectivity index (χ4v) is 3.91. The Balaban J connectivity index is 1.23. The first-order valence-electron chi connectivity index (χ1n) is 10.5. The summed E-state index contributed by atoms with van der Waals surface area (Å²) >= 11 is 0. The number of benzene rings is 2. The van der Waals surface area contributed by atoms with Crippen molar-refractivity contribution in [2.75, 3.05) is 18.4 Å². The van der Waals surface area contributed by atoms with Crippen molar-refractivity contribution in [3.05, 3.63) is 72.1 Å². The molecule has 2 aromatic carbocycles. The average Bonchev–Trinajstić information content (AvgIpc) is 3.34. The molecule has 3 heterocycles. The SMILES string of the molecule is N#Cc1ccccc1NC(=O)N1CCC(c2nc(-c3ccc4ccccc4n3)no2)CC1. The molecule has 32 heavy (non-hydrogen) atoms. The molecule has 0 aliphatic carbocycles. The highest BCUT2D eigenvalue weighted by molar-refractivity contribution is 5.90. The molecule has 0 saturated carbocycles. The number of amides is 2. The molecule has 2 amide bonds. The summed E-state index contributed by atoms with van der Waals surface area (Å²) in [4.78, 5) is 23.6. The number of urea groups is 1. The van der Waals surface area contributed by atoms with Gasteiger partial charge in [0.15, 0.2) is 0 Å². The number of likely N-dealkylation sites (tertiary alicyclic amines) is 1. The molecule has 4 aromatic rings. The van der Waals surface area contributed by atoms with Crippen molar-refractivity contribution in [1.82, 2.24) is 20.0 Å². The smallest absolute Gasteiger partial charge is 0.321 e. The van der Waals surface area contributed by atoms with Gasteiger partial charge in [-0.05, 0) is 37.1 Å². The minimum atomic E-state index is -0.210. The molecule has 1 saturated heterocycles. The van der Waals surface area contributed by atoms with Crippen LogP contribution in [-0.2, 0) is 0 Å². The van der Waals surface area contributed by atoms with Gasteiger partial charge in [0.05, 0.1) is 16.8 Å². The Morgan fingerprint density at radius 2 is 1.81 bits per heavy atom. The molecule has 1 N–H and O–H groups in total. The average molecular weight is 424 g/mol. The van der Waals surface area contributed by atoms with Crippen LogP contribution in [0.25, 0.3) is 22.4 Å². The standard InChI is InChI=1S/C24H20N6O2/c25-15-18-6-2-4-8-20(18)27-24(31)30-13-11-17(12-14-30)23-28-22(29-32-23)21-10-9-16-5-1-3-7-19(16)26-21/h1-10,17H,11-14H2,(H,27,31). The van der Waals surface area contributed by atoms with Crippen LogP contribution in [0, 0.1) is 11.3 Å². The summed E-state index contributed by atoms with van der Waals surface area (Å²) < 4.78 is 5.54. The van der Waals surface area contributed by atoms with Crippen LogP contribution in [0.15, 0.2) is 65.2 Å². The highest BCUT2D eigenvalue weighted by Gasteiger charge is 2.28. The van der Waals surface area contributed by atoms with Crippen LogP contribution < -0.4 is 5.32 Å². The van der Waals surface area contributed by atoms with E-state index >= 15 is 0 Å². The Hall–Kier alpha value is -4.25. The van der Waals surface area contributed by atoms with Crippen LogP contribution >= 0.6 is 0 Å². The number of carbonyl (C=O) groups excluding carboxylic acids is 1. The van der Waals surface area contributed by atoms with Gasteiger partial charge in [-0.15, -0.1) is 0 Å². The summed E-state index contributed by atoms with van der Waals surface area (Å²) in [6, 6.07) is 20.6. The van der Waals surface area contributed by atoms with Crippen molar-refractivity contribution in [3.8, 4) is 17.6 Å². The molecule has 0 radical (unpaired) electrons. The zero-order chi connectivity index (χ0) is 21.9. The second-order valence-corrected chi connectivity index (χ2v) is 7.69. The molecule has 8 heteroatoms. The third kappa shape index (κ3) is 3.88. The number of hydrogen-bond acceptors (Lipinski definition) is 6. The number of aromatic nitrogens is 3. The van der Waals surface area contributed by atoms with E-state index < -0.39 is 0 Å². The van der Waals surface area contributed by atoms with Crippen LogP contribution in [0.1, 0.15) is 30.2 Å². The highest BCUT2D eigenvalue weighted by Crippen LogP contribution is 2.29. The predicted molar refractivity (Wildman–Crippen MR) is 119 cm³/mol. The molecule has 1 fully saturated rings. The first-order valence-corrected chi connectivity index (χ1v) is 10.5. The van der Waals surface area contributed by atoms with Crippen LogP contribution in [0.4, 0.5) is 10.5 Å². The molecule has 0 spiro atoms. The van der Waals surface area contributed by atoms with Gasteiger partial charge in [-0.2, -0.15) is 10.2 Å². The lowest BCUT2D eigenvalue weighted by Gasteiger charge is -2.30. The Morgan fingerprint density at radius 1 is 1.03 bits per heavy atom. The number of nitriles is 1. The maximum Gasteiger partial charge on any atom is 0.321 e. The second-order valence-electron chi connectivity index (χ2n) is 7.69. The van der Waals surface area contributed by atoms with Gasteiger partial charge < -0.3 is 14.7 Å². The summed E-state index contributed by atoms with van der Waals surface area (Å²) in [6.45, 7) is 1.13. The molecule has 1 aliphatic rings. The van der Waals surface area contributed by atoms with Gasteiger partial charge in [0.2, 0.25) is 11.7 Å². The van der Waals surface area contributed by atoms with Crippen molar-refractivity contribution in [2.24, 2.45) is 0 Å². The number of pyridine rings is 1. The number of anilines is 1. The van der Waals surface area contributed by atoms with E-state index in [4.69, 9.17) is 4.52 Å². The van der Waals surface area contributed by atoms with E-state index in [1.165, 1.54) is 0 Å². The number of nitrogens with one attached hydrogen (secondary N) is 1. The second kappa shape index (κ2) is 8.47. The molecule has 8 nitrogen and oxygen atoms in total. The van der Waals surface area contributed by atoms with Crippen LogP contribution in [0.5, 0.6) is 0 Å². The highest BCUT2D eigenvalue weighted by atomic mass is 16.5. The van der Waals surface area contributed by atoms with Gasteiger partial charge in [0.25, 0.3) is 0 Å². The van der Waals surface area contributed by atoms with Crippen molar-refractivity contribution >= 4 is 22.6 Å². The Kier molecular flexibility index (Phi) is 5.22. The Labute approximate surface area is 184 Å². The van der Waals surface area contributed by atoms with Gasteiger partial charge in [-0.1, -0.05) is 41.6 Å². The van der Waals surface area contributed by atoms with E-state index in [1.54, 1.807) is 29.2 Å². The van der Waals surface area contributed by atoms with E-state index in [9.17, 15) is 10.1 Å². The third-order valence-corrected chi connectivity index (χ3v) is 5.69. The number of rotatable bonds is 3. The molecule has 158 valence electrons. The minimum Gasteiger partial charge on any atom is -0.339 e. The van der Waals surface area contributed by atoms with E-state index in [-0.39, 0.29) is 11.9 Å².